The average molecular weight is 255 g/mol. The lowest BCUT2D eigenvalue weighted by Crippen LogP contribution is -2.50. The topological polar surface area (TPSA) is 58.6 Å². The van der Waals surface area contributed by atoms with Crippen molar-refractivity contribution in [3.05, 3.63) is 30.1 Å². The van der Waals surface area contributed by atoms with Gasteiger partial charge in [-0.2, -0.15) is 0 Å². The summed E-state index contributed by atoms with van der Waals surface area (Å²) in [4.78, 5) is 11.1. The molecule has 0 aliphatic heterocycles. The van der Waals surface area contributed by atoms with E-state index in [-0.39, 0.29) is 12.4 Å². The zero-order chi connectivity index (χ0) is 13.6. The van der Waals surface area contributed by atoms with Gasteiger partial charge in [0.2, 0.25) is 0 Å². The predicted molar refractivity (Wildman–Crippen MR) is 66.2 cm³/mol. The zero-order valence-electron chi connectivity index (χ0n) is 10.6. The molecule has 0 aromatic heterocycles. The van der Waals surface area contributed by atoms with Crippen molar-refractivity contribution in [2.24, 2.45) is 0 Å². The van der Waals surface area contributed by atoms with E-state index in [1.54, 1.807) is 19.1 Å². The number of rotatable bonds is 7. The molecular weight excluding hydrogens is 237 g/mol. The second kappa shape index (κ2) is 6.35. The molecular formula is C13H18FNO3. The fourth-order valence-electron chi connectivity index (χ4n) is 1.59. The number of carboxylic acids is 1. The second-order valence-corrected chi connectivity index (χ2v) is 4.22. The highest BCUT2D eigenvalue weighted by atomic mass is 19.1. The van der Waals surface area contributed by atoms with Gasteiger partial charge < -0.3 is 15.2 Å². The Balaban J connectivity index is 2.51. The Morgan fingerprint density at radius 2 is 2.28 bits per heavy atom. The van der Waals surface area contributed by atoms with Gasteiger partial charge in [0.1, 0.15) is 17.1 Å². The van der Waals surface area contributed by atoms with Crippen molar-refractivity contribution in [1.29, 1.82) is 0 Å². The molecule has 0 aliphatic rings. The molecule has 0 saturated heterocycles. The summed E-state index contributed by atoms with van der Waals surface area (Å²) in [6, 6.07) is 5.78. The highest BCUT2D eigenvalue weighted by Gasteiger charge is 2.31. The molecule has 0 bridgehead atoms. The van der Waals surface area contributed by atoms with Gasteiger partial charge in [0.25, 0.3) is 0 Å². The van der Waals surface area contributed by atoms with Crippen LogP contribution in [0.25, 0.3) is 0 Å². The first-order valence-corrected chi connectivity index (χ1v) is 5.85. The van der Waals surface area contributed by atoms with Gasteiger partial charge in [0, 0.05) is 12.5 Å². The molecule has 18 heavy (non-hydrogen) atoms. The molecule has 2 N–H and O–H groups in total. The lowest BCUT2D eigenvalue weighted by Gasteiger charge is -2.25. The number of halogens is 1. The van der Waals surface area contributed by atoms with Gasteiger partial charge in [-0.1, -0.05) is 13.0 Å². The van der Waals surface area contributed by atoms with E-state index in [9.17, 15) is 9.18 Å². The number of nitrogens with one attached hydrogen (secondary N) is 1. The van der Waals surface area contributed by atoms with E-state index >= 15 is 0 Å². The summed E-state index contributed by atoms with van der Waals surface area (Å²) in [5, 5.41) is 12.0. The predicted octanol–water partition coefficient (Wildman–Crippen LogP) is 2.05. The minimum Gasteiger partial charge on any atom is -0.493 e. The number of carboxylic acid groups (broad SMARTS) is 1. The van der Waals surface area contributed by atoms with Crippen LogP contribution >= 0.6 is 0 Å². The molecule has 5 heteroatoms. The van der Waals surface area contributed by atoms with Crippen LogP contribution < -0.4 is 10.1 Å². The highest BCUT2D eigenvalue weighted by Crippen LogP contribution is 2.15. The minimum absolute atomic E-state index is 0.208. The number of ether oxygens (including phenoxy) is 1. The van der Waals surface area contributed by atoms with Crippen molar-refractivity contribution in [3.63, 3.8) is 0 Å². The van der Waals surface area contributed by atoms with Gasteiger partial charge in [-0.05, 0) is 25.6 Å². The molecule has 0 aliphatic carbocycles. The SMILES string of the molecule is CCNC(C)(CCOc1cccc(F)c1)C(=O)O. The Bertz CT molecular complexity index is 411. The quantitative estimate of drug-likeness (QED) is 0.783. The van der Waals surface area contributed by atoms with E-state index in [1.807, 2.05) is 6.92 Å². The number of hydrogen-bond donors (Lipinski definition) is 2. The zero-order valence-corrected chi connectivity index (χ0v) is 10.6. The Hall–Kier alpha value is -1.62. The van der Waals surface area contributed by atoms with E-state index < -0.39 is 11.5 Å². The molecule has 0 fully saturated rings. The largest absolute Gasteiger partial charge is 0.493 e. The number of aliphatic carboxylic acids is 1. The molecule has 1 aromatic carbocycles. The molecule has 0 heterocycles. The normalized spacial score (nSPS) is 13.9. The summed E-state index contributed by atoms with van der Waals surface area (Å²) in [6.07, 6.45) is 0.298. The Labute approximate surface area is 106 Å². The fourth-order valence-corrected chi connectivity index (χ4v) is 1.59. The van der Waals surface area contributed by atoms with Crippen LogP contribution in [0.1, 0.15) is 20.3 Å². The maximum atomic E-state index is 12.9. The lowest BCUT2D eigenvalue weighted by molar-refractivity contribution is -0.144. The Kier molecular flexibility index (Phi) is 5.09. The first kappa shape index (κ1) is 14.4. The fraction of sp³-hybridized carbons (Fsp3) is 0.462. The minimum atomic E-state index is -1.03. The molecule has 1 aromatic rings. The third-order valence-electron chi connectivity index (χ3n) is 2.71. The number of benzene rings is 1. The standard InChI is InChI=1S/C13H18FNO3/c1-3-15-13(2,12(16)17)7-8-18-11-6-4-5-10(14)9-11/h4-6,9,15H,3,7-8H2,1-2H3,(H,16,17). The smallest absolute Gasteiger partial charge is 0.323 e. The van der Waals surface area contributed by atoms with E-state index in [0.717, 1.165) is 0 Å². The van der Waals surface area contributed by atoms with Crippen LogP contribution in [-0.2, 0) is 4.79 Å². The maximum Gasteiger partial charge on any atom is 0.323 e. The molecule has 4 nitrogen and oxygen atoms in total. The van der Waals surface area contributed by atoms with Gasteiger partial charge >= 0.3 is 5.97 Å². The molecule has 0 radical (unpaired) electrons. The van der Waals surface area contributed by atoms with Crippen LogP contribution in [0, 0.1) is 5.82 Å². The Morgan fingerprint density at radius 1 is 1.56 bits per heavy atom. The first-order valence-electron chi connectivity index (χ1n) is 5.85. The average Bonchev–Trinajstić information content (AvgIpc) is 2.29. The molecule has 1 atom stereocenters. The van der Waals surface area contributed by atoms with E-state index in [4.69, 9.17) is 9.84 Å². The van der Waals surface area contributed by atoms with E-state index in [0.29, 0.717) is 18.7 Å². The summed E-state index contributed by atoms with van der Waals surface area (Å²) in [5.41, 5.74) is -1.03. The lowest BCUT2D eigenvalue weighted by atomic mass is 9.98. The van der Waals surface area contributed by atoms with Crippen molar-refractivity contribution >= 4 is 5.97 Å². The van der Waals surface area contributed by atoms with Gasteiger partial charge in [-0.3, -0.25) is 4.79 Å². The van der Waals surface area contributed by atoms with Gasteiger partial charge in [0.15, 0.2) is 0 Å². The van der Waals surface area contributed by atoms with Crippen molar-refractivity contribution in [2.75, 3.05) is 13.2 Å². The maximum absolute atomic E-state index is 12.9. The first-order chi connectivity index (χ1) is 8.48. The second-order valence-electron chi connectivity index (χ2n) is 4.22. The van der Waals surface area contributed by atoms with Crippen LogP contribution in [0.2, 0.25) is 0 Å². The Morgan fingerprint density at radius 3 is 2.83 bits per heavy atom. The summed E-state index contributed by atoms with van der Waals surface area (Å²) in [5.74, 6) is -0.897. The van der Waals surface area contributed by atoms with Crippen molar-refractivity contribution in [2.45, 2.75) is 25.8 Å². The summed E-state index contributed by atoms with van der Waals surface area (Å²) in [7, 11) is 0. The van der Waals surface area contributed by atoms with E-state index in [1.165, 1.54) is 12.1 Å². The molecule has 1 unspecified atom stereocenters. The number of hydrogen-bond acceptors (Lipinski definition) is 3. The summed E-state index contributed by atoms with van der Waals surface area (Å²) in [6.45, 7) is 4.21. The number of likely N-dealkylation sites (N-methyl/N-ethyl adjacent to an activating group) is 1. The highest BCUT2D eigenvalue weighted by molar-refractivity contribution is 5.78. The molecule has 0 spiro atoms. The van der Waals surface area contributed by atoms with Crippen molar-refractivity contribution in [3.8, 4) is 5.75 Å². The molecule has 100 valence electrons. The van der Waals surface area contributed by atoms with Crippen LogP contribution in [0.4, 0.5) is 4.39 Å². The van der Waals surface area contributed by atoms with Crippen molar-refractivity contribution < 1.29 is 19.0 Å². The van der Waals surface area contributed by atoms with Crippen LogP contribution in [0.15, 0.2) is 24.3 Å². The third-order valence-corrected chi connectivity index (χ3v) is 2.71. The van der Waals surface area contributed by atoms with Gasteiger partial charge in [-0.15, -0.1) is 0 Å². The van der Waals surface area contributed by atoms with Crippen LogP contribution in [0.3, 0.4) is 0 Å². The third kappa shape index (κ3) is 4.00. The van der Waals surface area contributed by atoms with Gasteiger partial charge in [-0.25, -0.2) is 4.39 Å². The van der Waals surface area contributed by atoms with Crippen LogP contribution in [0.5, 0.6) is 5.75 Å². The molecule has 1 rings (SSSR count). The van der Waals surface area contributed by atoms with E-state index in [2.05, 4.69) is 5.32 Å². The van der Waals surface area contributed by atoms with Crippen LogP contribution in [-0.4, -0.2) is 29.8 Å². The van der Waals surface area contributed by atoms with Crippen molar-refractivity contribution in [1.82, 2.24) is 5.32 Å². The van der Waals surface area contributed by atoms with Gasteiger partial charge in [0.05, 0.1) is 6.61 Å². The summed E-state index contributed by atoms with van der Waals surface area (Å²) < 4.78 is 18.2. The monoisotopic (exact) mass is 255 g/mol. The number of carbonyl (C=O) groups is 1. The molecule has 0 amide bonds. The summed E-state index contributed by atoms with van der Waals surface area (Å²) >= 11 is 0. The molecule has 0 saturated carbocycles.